The van der Waals surface area contributed by atoms with E-state index in [4.69, 9.17) is 0 Å². The number of carboxylic acid groups (broad SMARTS) is 1. The average molecular weight is 338 g/mol. The Labute approximate surface area is 151 Å². The van der Waals surface area contributed by atoms with Crippen LogP contribution in [0.5, 0.6) is 0 Å². The molecule has 2 heteroatoms. The van der Waals surface area contributed by atoms with Crippen LogP contribution < -0.4 is 0 Å². The highest BCUT2D eigenvalue weighted by Gasteiger charge is 2.18. The largest absolute Gasteiger partial charge is 0.478 e. The van der Waals surface area contributed by atoms with Crippen molar-refractivity contribution in [3.63, 3.8) is 0 Å². The molecule has 0 fully saturated rings. The summed E-state index contributed by atoms with van der Waals surface area (Å²) in [5.74, 6) is -0.557. The average Bonchev–Trinajstić information content (AvgIpc) is 2.64. The monoisotopic (exact) mass is 338 g/mol. The van der Waals surface area contributed by atoms with Gasteiger partial charge in [-0.3, -0.25) is 0 Å². The van der Waals surface area contributed by atoms with E-state index in [2.05, 4.69) is 51.1 Å². The minimum Gasteiger partial charge on any atom is -0.478 e. The Bertz CT molecular complexity index is 703. The van der Waals surface area contributed by atoms with Crippen molar-refractivity contribution < 1.29 is 9.90 Å². The predicted molar refractivity (Wildman–Crippen MR) is 105 cm³/mol. The van der Waals surface area contributed by atoms with Crippen LogP contribution in [-0.4, -0.2) is 11.1 Å². The Morgan fingerprint density at radius 1 is 0.920 bits per heavy atom. The fourth-order valence-electron chi connectivity index (χ4n) is 3.49. The first kappa shape index (κ1) is 19.2. The van der Waals surface area contributed by atoms with Crippen LogP contribution in [0.1, 0.15) is 78.6 Å². The summed E-state index contributed by atoms with van der Waals surface area (Å²) < 4.78 is 0. The lowest BCUT2D eigenvalue weighted by molar-refractivity contribution is 0.0695. The third-order valence-corrected chi connectivity index (χ3v) is 5.11. The van der Waals surface area contributed by atoms with Gasteiger partial charge in [0.2, 0.25) is 0 Å². The second-order valence-corrected chi connectivity index (χ2v) is 6.87. The van der Waals surface area contributed by atoms with E-state index < -0.39 is 5.97 Å². The van der Waals surface area contributed by atoms with Gasteiger partial charge in [0.15, 0.2) is 0 Å². The molecule has 0 aliphatic rings. The van der Waals surface area contributed by atoms with Crippen molar-refractivity contribution >= 4 is 5.97 Å². The van der Waals surface area contributed by atoms with Crippen LogP contribution in [0.15, 0.2) is 42.5 Å². The van der Waals surface area contributed by atoms with Crippen molar-refractivity contribution in [2.45, 2.75) is 65.2 Å². The van der Waals surface area contributed by atoms with Crippen LogP contribution in [0, 0.1) is 0 Å². The number of rotatable bonds is 9. The highest BCUT2D eigenvalue weighted by Crippen LogP contribution is 2.28. The first-order chi connectivity index (χ1) is 12.1. The van der Waals surface area contributed by atoms with E-state index in [9.17, 15) is 9.90 Å². The zero-order valence-electron chi connectivity index (χ0n) is 15.7. The van der Waals surface area contributed by atoms with Crippen molar-refractivity contribution in [2.24, 2.45) is 0 Å². The molecule has 0 saturated heterocycles. The molecule has 1 atom stereocenters. The molecular formula is C23H30O2. The Kier molecular flexibility index (Phi) is 7.24. The zero-order valence-corrected chi connectivity index (χ0v) is 15.7. The molecular weight excluding hydrogens is 308 g/mol. The van der Waals surface area contributed by atoms with E-state index in [1.807, 2.05) is 6.07 Å². The molecule has 0 radical (unpaired) electrons. The lowest BCUT2D eigenvalue weighted by Crippen LogP contribution is -2.10. The molecule has 0 bridgehead atoms. The maximum atomic E-state index is 11.6. The van der Waals surface area contributed by atoms with E-state index >= 15 is 0 Å². The molecule has 0 amide bonds. The lowest BCUT2D eigenvalue weighted by atomic mass is 9.86. The highest BCUT2D eigenvalue weighted by molar-refractivity contribution is 5.90. The number of hydrogen-bond acceptors (Lipinski definition) is 1. The first-order valence-electron chi connectivity index (χ1n) is 9.50. The number of unbranched alkanes of at least 4 members (excludes halogenated alkanes) is 1. The molecule has 25 heavy (non-hydrogen) atoms. The van der Waals surface area contributed by atoms with Crippen LogP contribution in [0.3, 0.4) is 0 Å². The summed E-state index contributed by atoms with van der Waals surface area (Å²) in [6.07, 6.45) is 6.34. The molecule has 0 aliphatic heterocycles. The molecule has 0 spiro atoms. The second-order valence-electron chi connectivity index (χ2n) is 6.87. The highest BCUT2D eigenvalue weighted by atomic mass is 16.4. The van der Waals surface area contributed by atoms with Crippen LogP contribution >= 0.6 is 0 Å². The first-order valence-corrected chi connectivity index (χ1v) is 9.50. The van der Waals surface area contributed by atoms with Gasteiger partial charge in [0.05, 0.1) is 5.56 Å². The third-order valence-electron chi connectivity index (χ3n) is 5.11. The van der Waals surface area contributed by atoms with Crippen LogP contribution in [0.25, 0.3) is 0 Å². The van der Waals surface area contributed by atoms with Gasteiger partial charge in [0.1, 0.15) is 0 Å². The Morgan fingerprint density at radius 3 is 2.12 bits per heavy atom. The Morgan fingerprint density at radius 2 is 1.52 bits per heavy atom. The van der Waals surface area contributed by atoms with E-state index in [1.165, 1.54) is 29.5 Å². The molecule has 1 unspecified atom stereocenters. The molecule has 134 valence electrons. The molecule has 1 N–H and O–H groups in total. The molecule has 2 nitrogen and oxygen atoms in total. The fourth-order valence-corrected chi connectivity index (χ4v) is 3.49. The van der Waals surface area contributed by atoms with Crippen LogP contribution in [0.2, 0.25) is 0 Å². The quantitative estimate of drug-likeness (QED) is 0.606. The number of carbonyl (C=O) groups is 1. The second kappa shape index (κ2) is 9.41. The zero-order chi connectivity index (χ0) is 18.2. The van der Waals surface area contributed by atoms with Crippen LogP contribution in [0.4, 0.5) is 0 Å². The normalized spacial score (nSPS) is 12.1. The van der Waals surface area contributed by atoms with Gasteiger partial charge < -0.3 is 5.11 Å². The SMILES string of the molecule is CCCCc1ccccc1CCc1cccc(C(=O)O)c1C(C)CC. The number of benzene rings is 2. The Hall–Kier alpha value is -2.09. The molecule has 0 saturated carbocycles. The van der Waals surface area contributed by atoms with Crippen molar-refractivity contribution in [2.75, 3.05) is 0 Å². The topological polar surface area (TPSA) is 37.3 Å². The summed E-state index contributed by atoms with van der Waals surface area (Å²) in [5, 5.41) is 9.56. The lowest BCUT2D eigenvalue weighted by Gasteiger charge is -2.18. The molecule has 2 rings (SSSR count). The van der Waals surface area contributed by atoms with E-state index in [0.717, 1.165) is 31.2 Å². The molecule has 2 aromatic rings. The Balaban J connectivity index is 2.27. The van der Waals surface area contributed by atoms with Gasteiger partial charge >= 0.3 is 5.97 Å². The standard InChI is InChI=1S/C23H30O2/c1-4-6-10-18-11-7-8-12-19(18)15-16-20-13-9-14-21(23(24)25)22(20)17(3)5-2/h7-9,11-14,17H,4-6,10,15-16H2,1-3H3,(H,24,25). The summed E-state index contributed by atoms with van der Waals surface area (Å²) >= 11 is 0. The van der Waals surface area contributed by atoms with Crippen molar-refractivity contribution in [1.29, 1.82) is 0 Å². The van der Waals surface area contributed by atoms with E-state index in [0.29, 0.717) is 5.56 Å². The smallest absolute Gasteiger partial charge is 0.335 e. The van der Waals surface area contributed by atoms with Gasteiger partial charge in [-0.25, -0.2) is 4.79 Å². The summed E-state index contributed by atoms with van der Waals surface area (Å²) in [5.41, 5.74) is 5.49. The van der Waals surface area contributed by atoms with Gasteiger partial charge in [-0.05, 0) is 66.3 Å². The number of aryl methyl sites for hydroxylation is 3. The molecule has 0 aromatic heterocycles. The third kappa shape index (κ3) is 4.94. The maximum Gasteiger partial charge on any atom is 0.335 e. The molecule has 2 aromatic carbocycles. The van der Waals surface area contributed by atoms with E-state index in [1.54, 1.807) is 6.07 Å². The number of aromatic carboxylic acids is 1. The minimum absolute atomic E-state index is 0.262. The van der Waals surface area contributed by atoms with Crippen molar-refractivity contribution in [3.05, 3.63) is 70.3 Å². The van der Waals surface area contributed by atoms with Gasteiger partial charge in [-0.1, -0.05) is 63.6 Å². The summed E-state index contributed by atoms with van der Waals surface area (Å²) in [4.78, 5) is 11.6. The maximum absolute atomic E-state index is 11.6. The molecule has 0 aliphatic carbocycles. The summed E-state index contributed by atoms with van der Waals surface area (Å²) in [6, 6.07) is 14.4. The number of hydrogen-bond donors (Lipinski definition) is 1. The summed E-state index contributed by atoms with van der Waals surface area (Å²) in [7, 11) is 0. The van der Waals surface area contributed by atoms with Crippen LogP contribution in [-0.2, 0) is 19.3 Å². The van der Waals surface area contributed by atoms with Gasteiger partial charge in [-0.2, -0.15) is 0 Å². The minimum atomic E-state index is -0.819. The van der Waals surface area contributed by atoms with Gasteiger partial charge in [0, 0.05) is 0 Å². The summed E-state index contributed by atoms with van der Waals surface area (Å²) in [6.45, 7) is 6.46. The fraction of sp³-hybridized carbons (Fsp3) is 0.435. The van der Waals surface area contributed by atoms with Crippen molar-refractivity contribution in [1.82, 2.24) is 0 Å². The van der Waals surface area contributed by atoms with Crippen molar-refractivity contribution in [3.8, 4) is 0 Å². The molecule has 0 heterocycles. The number of carboxylic acids is 1. The van der Waals surface area contributed by atoms with E-state index in [-0.39, 0.29) is 5.92 Å². The predicted octanol–water partition coefficient (Wildman–Crippen LogP) is 6.03. The van der Waals surface area contributed by atoms with Gasteiger partial charge in [0.25, 0.3) is 0 Å². The van der Waals surface area contributed by atoms with Gasteiger partial charge in [-0.15, -0.1) is 0 Å².